The molecule has 0 aliphatic carbocycles. The number of sulfonamides is 1. The molecule has 32 heavy (non-hydrogen) atoms. The van der Waals surface area contributed by atoms with Crippen LogP contribution in [0.1, 0.15) is 26.7 Å². The van der Waals surface area contributed by atoms with Crippen LogP contribution in [-0.2, 0) is 19.6 Å². The second-order valence-electron chi connectivity index (χ2n) is 7.91. The summed E-state index contributed by atoms with van der Waals surface area (Å²) in [5.41, 5.74) is 0.836. The van der Waals surface area contributed by atoms with Crippen LogP contribution in [0.15, 0.2) is 53.4 Å². The van der Waals surface area contributed by atoms with E-state index < -0.39 is 16.1 Å². The molecule has 2 aromatic rings. The Morgan fingerprint density at radius 2 is 2.00 bits per heavy atom. The number of hydrogen-bond donors (Lipinski definition) is 1. The van der Waals surface area contributed by atoms with Gasteiger partial charge in [0.15, 0.2) is 0 Å². The summed E-state index contributed by atoms with van der Waals surface area (Å²) in [6.45, 7) is 3.94. The Morgan fingerprint density at radius 1 is 1.28 bits per heavy atom. The van der Waals surface area contributed by atoms with Crippen molar-refractivity contribution in [3.05, 3.63) is 53.6 Å². The van der Waals surface area contributed by atoms with E-state index in [0.717, 1.165) is 6.42 Å². The SMILES string of the molecule is CCN(c1ccccc1)S(=O)(=O)c1cc(NC(=O)[C@@H]2CS[C@]3(C)CCC(=O)N23)ccc1Cl. The van der Waals surface area contributed by atoms with Gasteiger partial charge in [0.2, 0.25) is 11.8 Å². The van der Waals surface area contributed by atoms with Gasteiger partial charge < -0.3 is 10.2 Å². The highest BCUT2D eigenvalue weighted by atomic mass is 35.5. The van der Waals surface area contributed by atoms with Gasteiger partial charge in [-0.25, -0.2) is 8.42 Å². The van der Waals surface area contributed by atoms with E-state index >= 15 is 0 Å². The van der Waals surface area contributed by atoms with E-state index in [-0.39, 0.29) is 33.1 Å². The summed E-state index contributed by atoms with van der Waals surface area (Å²) in [7, 11) is -3.96. The highest BCUT2D eigenvalue weighted by molar-refractivity contribution is 8.01. The number of nitrogens with one attached hydrogen (secondary N) is 1. The van der Waals surface area contributed by atoms with Crippen LogP contribution in [0.4, 0.5) is 11.4 Å². The van der Waals surface area contributed by atoms with Gasteiger partial charge in [0.25, 0.3) is 10.0 Å². The number of hydrogen-bond acceptors (Lipinski definition) is 5. The zero-order chi connectivity index (χ0) is 23.1. The third-order valence-corrected chi connectivity index (χ3v) is 9.74. The van der Waals surface area contributed by atoms with Crippen molar-refractivity contribution in [1.82, 2.24) is 4.90 Å². The van der Waals surface area contributed by atoms with Crippen LogP contribution in [0.3, 0.4) is 0 Å². The van der Waals surface area contributed by atoms with Crippen molar-refractivity contribution in [2.24, 2.45) is 0 Å². The molecule has 7 nitrogen and oxygen atoms in total. The molecular formula is C22H24ClN3O4S2. The standard InChI is InChI=1S/C22H24ClN3O4S2/c1-3-25(16-7-5-4-6-8-16)32(29,30)19-13-15(9-10-17(19)23)24-21(28)18-14-31-22(2)12-11-20(27)26(18)22/h4-10,13,18H,3,11-12,14H2,1-2H3,(H,24,28)/t18-,22+/m0/s1. The molecule has 0 spiro atoms. The summed E-state index contributed by atoms with van der Waals surface area (Å²) in [5, 5.41) is 2.85. The fourth-order valence-electron chi connectivity index (χ4n) is 4.22. The van der Waals surface area contributed by atoms with Crippen LogP contribution >= 0.6 is 23.4 Å². The summed E-state index contributed by atoms with van der Waals surface area (Å²) in [6, 6.07) is 12.6. The van der Waals surface area contributed by atoms with Gasteiger partial charge in [0.05, 0.1) is 15.6 Å². The molecule has 2 amide bonds. The number of carbonyl (C=O) groups excluding carboxylic acids is 2. The maximum absolute atomic E-state index is 13.4. The molecule has 4 rings (SSSR count). The third-order valence-electron chi connectivity index (χ3n) is 5.85. The number of thioether (sulfide) groups is 1. The zero-order valence-electron chi connectivity index (χ0n) is 17.7. The van der Waals surface area contributed by atoms with E-state index in [9.17, 15) is 18.0 Å². The fraction of sp³-hybridized carbons (Fsp3) is 0.364. The number of carbonyl (C=O) groups is 2. The van der Waals surface area contributed by atoms with Crippen molar-refractivity contribution in [1.29, 1.82) is 0 Å². The molecule has 0 bridgehead atoms. The van der Waals surface area contributed by atoms with Crippen molar-refractivity contribution in [2.45, 2.75) is 42.5 Å². The molecule has 2 heterocycles. The Labute approximate surface area is 197 Å². The number of nitrogens with zero attached hydrogens (tertiary/aromatic N) is 2. The molecule has 2 aromatic carbocycles. The van der Waals surface area contributed by atoms with E-state index in [1.54, 1.807) is 53.9 Å². The van der Waals surface area contributed by atoms with E-state index in [2.05, 4.69) is 5.32 Å². The number of anilines is 2. The summed E-state index contributed by atoms with van der Waals surface area (Å²) in [4.78, 5) is 26.5. The van der Waals surface area contributed by atoms with Crippen molar-refractivity contribution >= 4 is 56.6 Å². The maximum Gasteiger partial charge on any atom is 0.265 e. The molecule has 0 aromatic heterocycles. The Morgan fingerprint density at radius 3 is 2.69 bits per heavy atom. The first-order chi connectivity index (χ1) is 15.2. The normalized spacial score (nSPS) is 22.7. The lowest BCUT2D eigenvalue weighted by Gasteiger charge is -2.30. The molecule has 2 fully saturated rings. The highest BCUT2D eigenvalue weighted by Crippen LogP contribution is 2.47. The Balaban J connectivity index is 1.60. The maximum atomic E-state index is 13.4. The zero-order valence-corrected chi connectivity index (χ0v) is 20.1. The fourth-order valence-corrected chi connectivity index (χ4v) is 7.63. The van der Waals surface area contributed by atoms with Gasteiger partial charge in [-0.3, -0.25) is 13.9 Å². The Bertz CT molecular complexity index is 1160. The molecule has 2 aliphatic rings. The second-order valence-corrected chi connectivity index (χ2v) is 11.6. The molecule has 0 saturated carbocycles. The van der Waals surface area contributed by atoms with Crippen molar-refractivity contribution in [2.75, 3.05) is 21.9 Å². The predicted octanol–water partition coefficient (Wildman–Crippen LogP) is 3.95. The van der Waals surface area contributed by atoms with Gasteiger partial charge in [-0.1, -0.05) is 29.8 Å². The molecule has 2 saturated heterocycles. The monoisotopic (exact) mass is 493 g/mol. The minimum atomic E-state index is -3.96. The summed E-state index contributed by atoms with van der Waals surface area (Å²) < 4.78 is 28.0. The van der Waals surface area contributed by atoms with Crippen molar-refractivity contribution in [3.63, 3.8) is 0 Å². The van der Waals surface area contributed by atoms with Crippen LogP contribution < -0.4 is 9.62 Å². The molecule has 0 radical (unpaired) electrons. The van der Waals surface area contributed by atoms with Crippen LogP contribution in [-0.4, -0.2) is 48.3 Å². The van der Waals surface area contributed by atoms with Gasteiger partial charge in [-0.2, -0.15) is 0 Å². The minimum absolute atomic E-state index is 0.0292. The number of benzene rings is 2. The van der Waals surface area contributed by atoms with Crippen molar-refractivity contribution in [3.8, 4) is 0 Å². The molecule has 10 heteroatoms. The van der Waals surface area contributed by atoms with Gasteiger partial charge in [-0.05, 0) is 50.6 Å². The second kappa shape index (κ2) is 8.61. The van der Waals surface area contributed by atoms with Gasteiger partial charge in [0.1, 0.15) is 10.9 Å². The Hall–Kier alpha value is -2.23. The van der Waals surface area contributed by atoms with E-state index in [4.69, 9.17) is 11.6 Å². The first-order valence-electron chi connectivity index (χ1n) is 10.3. The number of fused-ring (bicyclic) bond motifs is 1. The molecule has 2 atom stereocenters. The average molecular weight is 494 g/mol. The van der Waals surface area contributed by atoms with E-state index in [0.29, 0.717) is 23.5 Å². The number of rotatable bonds is 6. The lowest BCUT2D eigenvalue weighted by atomic mass is 10.2. The minimum Gasteiger partial charge on any atom is -0.324 e. The third kappa shape index (κ3) is 3.97. The summed E-state index contributed by atoms with van der Waals surface area (Å²) in [6.07, 6.45) is 1.15. The first kappa shape index (κ1) is 22.9. The molecule has 170 valence electrons. The van der Waals surface area contributed by atoms with Gasteiger partial charge >= 0.3 is 0 Å². The van der Waals surface area contributed by atoms with Crippen LogP contribution in [0, 0.1) is 0 Å². The number of para-hydroxylation sites is 1. The molecular weight excluding hydrogens is 470 g/mol. The van der Waals surface area contributed by atoms with Gasteiger partial charge in [0, 0.05) is 24.4 Å². The highest BCUT2D eigenvalue weighted by Gasteiger charge is 2.52. The van der Waals surface area contributed by atoms with Crippen LogP contribution in [0.5, 0.6) is 0 Å². The lowest BCUT2D eigenvalue weighted by Crippen LogP contribution is -2.48. The number of halogens is 1. The van der Waals surface area contributed by atoms with Crippen molar-refractivity contribution < 1.29 is 18.0 Å². The average Bonchev–Trinajstić information content (AvgIpc) is 3.26. The lowest BCUT2D eigenvalue weighted by molar-refractivity contribution is -0.135. The van der Waals surface area contributed by atoms with E-state index in [1.807, 2.05) is 13.0 Å². The van der Waals surface area contributed by atoms with Crippen LogP contribution in [0.2, 0.25) is 5.02 Å². The molecule has 2 aliphatic heterocycles. The number of amides is 2. The first-order valence-corrected chi connectivity index (χ1v) is 13.1. The largest absolute Gasteiger partial charge is 0.324 e. The molecule has 1 N–H and O–H groups in total. The smallest absolute Gasteiger partial charge is 0.265 e. The molecule has 0 unspecified atom stereocenters. The van der Waals surface area contributed by atoms with Gasteiger partial charge in [-0.15, -0.1) is 11.8 Å². The predicted molar refractivity (Wildman–Crippen MR) is 127 cm³/mol. The van der Waals surface area contributed by atoms with Crippen LogP contribution in [0.25, 0.3) is 0 Å². The Kier molecular flexibility index (Phi) is 6.17. The summed E-state index contributed by atoms with van der Waals surface area (Å²) >= 11 is 7.87. The van der Waals surface area contributed by atoms with E-state index in [1.165, 1.54) is 16.4 Å². The quantitative estimate of drug-likeness (QED) is 0.658. The summed E-state index contributed by atoms with van der Waals surface area (Å²) in [5.74, 6) is 0.140. The topological polar surface area (TPSA) is 86.8 Å².